The van der Waals surface area contributed by atoms with Crippen molar-refractivity contribution in [2.75, 3.05) is 0 Å². The summed E-state index contributed by atoms with van der Waals surface area (Å²) in [5.41, 5.74) is 11.7. The van der Waals surface area contributed by atoms with Gasteiger partial charge in [-0.25, -0.2) is 4.79 Å². The van der Waals surface area contributed by atoms with Crippen molar-refractivity contribution in [2.24, 2.45) is 16.5 Å². The van der Waals surface area contributed by atoms with Gasteiger partial charge in [-0.3, -0.25) is 4.79 Å². The summed E-state index contributed by atoms with van der Waals surface area (Å²) in [6, 6.07) is 8.47. The molecule has 1 aromatic carbocycles. The maximum atomic E-state index is 11.7. The number of carbonyl (C=O) groups is 2. The molecule has 1 heterocycles. The summed E-state index contributed by atoms with van der Waals surface area (Å²) in [6.07, 6.45) is -0.00604. The molecule has 0 radical (unpaired) electrons. The zero-order valence-corrected chi connectivity index (χ0v) is 9.74. The third kappa shape index (κ3) is 2.48. The first-order valence-electron chi connectivity index (χ1n) is 5.55. The number of primary amides is 1. The highest BCUT2D eigenvalue weighted by Crippen LogP contribution is 2.17. The SMILES string of the molecule is NC(=O)CC1C(N)=NC(=O)N1Cc1ccccc1. The first-order chi connectivity index (χ1) is 8.58. The Morgan fingerprint density at radius 2 is 2.00 bits per heavy atom. The minimum atomic E-state index is -0.532. The van der Waals surface area contributed by atoms with E-state index in [1.165, 1.54) is 4.90 Å². The Morgan fingerprint density at radius 3 is 2.61 bits per heavy atom. The minimum absolute atomic E-state index is 0.00604. The highest BCUT2D eigenvalue weighted by Gasteiger charge is 2.34. The Morgan fingerprint density at radius 1 is 1.33 bits per heavy atom. The van der Waals surface area contributed by atoms with Gasteiger partial charge in [0.2, 0.25) is 5.91 Å². The Labute approximate surface area is 104 Å². The van der Waals surface area contributed by atoms with E-state index in [-0.39, 0.29) is 12.3 Å². The first-order valence-corrected chi connectivity index (χ1v) is 5.55. The number of hydrogen-bond acceptors (Lipinski definition) is 3. The summed E-state index contributed by atoms with van der Waals surface area (Å²) >= 11 is 0. The maximum absolute atomic E-state index is 11.7. The van der Waals surface area contributed by atoms with Gasteiger partial charge in [0, 0.05) is 6.54 Å². The van der Waals surface area contributed by atoms with Crippen LogP contribution in [-0.2, 0) is 11.3 Å². The summed E-state index contributed by atoms with van der Waals surface area (Å²) in [4.78, 5) is 27.8. The predicted octanol–water partition coefficient (Wildman–Crippen LogP) is 0.223. The van der Waals surface area contributed by atoms with E-state index < -0.39 is 18.0 Å². The maximum Gasteiger partial charge on any atom is 0.346 e. The number of rotatable bonds is 4. The summed E-state index contributed by atoms with van der Waals surface area (Å²) in [7, 11) is 0. The van der Waals surface area contributed by atoms with Gasteiger partial charge in [-0.15, -0.1) is 0 Å². The van der Waals surface area contributed by atoms with Crippen molar-refractivity contribution in [1.82, 2.24) is 4.90 Å². The van der Waals surface area contributed by atoms with Crippen LogP contribution in [0.5, 0.6) is 0 Å². The molecule has 0 saturated carbocycles. The zero-order chi connectivity index (χ0) is 13.1. The van der Waals surface area contributed by atoms with Crippen molar-refractivity contribution in [1.29, 1.82) is 0 Å². The highest BCUT2D eigenvalue weighted by atomic mass is 16.2. The third-order valence-electron chi connectivity index (χ3n) is 2.78. The fourth-order valence-corrected chi connectivity index (χ4v) is 1.91. The van der Waals surface area contributed by atoms with Crippen LogP contribution in [0.15, 0.2) is 35.3 Å². The molecule has 1 aromatic rings. The van der Waals surface area contributed by atoms with E-state index in [4.69, 9.17) is 11.5 Å². The fourth-order valence-electron chi connectivity index (χ4n) is 1.91. The number of aliphatic imine (C=N–C) groups is 1. The van der Waals surface area contributed by atoms with E-state index in [1.54, 1.807) is 0 Å². The van der Waals surface area contributed by atoms with E-state index in [9.17, 15) is 9.59 Å². The van der Waals surface area contributed by atoms with Crippen molar-refractivity contribution in [3.8, 4) is 0 Å². The van der Waals surface area contributed by atoms with Crippen molar-refractivity contribution in [3.63, 3.8) is 0 Å². The molecule has 0 spiro atoms. The molecule has 1 unspecified atom stereocenters. The molecule has 0 aliphatic carbocycles. The molecule has 2 rings (SSSR count). The molecular formula is C12H14N4O2. The van der Waals surface area contributed by atoms with Crippen molar-refractivity contribution >= 4 is 17.8 Å². The number of amides is 3. The number of hydrogen-bond donors (Lipinski definition) is 2. The average molecular weight is 246 g/mol. The molecule has 1 atom stereocenters. The molecule has 94 valence electrons. The van der Waals surface area contributed by atoms with Crippen LogP contribution in [0.1, 0.15) is 12.0 Å². The molecule has 1 aliphatic rings. The van der Waals surface area contributed by atoms with Crippen LogP contribution in [0.4, 0.5) is 4.79 Å². The molecule has 0 bridgehead atoms. The number of nitrogens with two attached hydrogens (primary N) is 2. The molecule has 3 amide bonds. The second-order valence-electron chi connectivity index (χ2n) is 4.12. The van der Waals surface area contributed by atoms with Crippen LogP contribution < -0.4 is 11.5 Å². The van der Waals surface area contributed by atoms with Gasteiger partial charge in [0.25, 0.3) is 0 Å². The smallest absolute Gasteiger partial charge is 0.346 e. The summed E-state index contributed by atoms with van der Waals surface area (Å²) in [6.45, 7) is 0.363. The Kier molecular flexibility index (Phi) is 3.27. The Bertz CT molecular complexity index is 498. The van der Waals surface area contributed by atoms with Gasteiger partial charge in [-0.2, -0.15) is 4.99 Å². The fraction of sp³-hybridized carbons (Fsp3) is 0.250. The van der Waals surface area contributed by atoms with Crippen molar-refractivity contribution in [2.45, 2.75) is 19.0 Å². The van der Waals surface area contributed by atoms with Gasteiger partial charge >= 0.3 is 6.03 Å². The van der Waals surface area contributed by atoms with E-state index in [0.717, 1.165) is 5.56 Å². The minimum Gasteiger partial charge on any atom is -0.385 e. The average Bonchev–Trinajstić information content (AvgIpc) is 2.57. The number of amidine groups is 1. The number of urea groups is 1. The van der Waals surface area contributed by atoms with Gasteiger partial charge in [0.05, 0.1) is 6.42 Å². The van der Waals surface area contributed by atoms with E-state index in [0.29, 0.717) is 6.54 Å². The number of nitrogens with zero attached hydrogens (tertiary/aromatic N) is 2. The van der Waals surface area contributed by atoms with Crippen LogP contribution in [-0.4, -0.2) is 28.7 Å². The third-order valence-corrected chi connectivity index (χ3v) is 2.78. The van der Waals surface area contributed by atoms with Crippen LogP contribution in [0.2, 0.25) is 0 Å². The monoisotopic (exact) mass is 246 g/mol. The van der Waals surface area contributed by atoms with Crippen LogP contribution in [0, 0.1) is 0 Å². The van der Waals surface area contributed by atoms with Crippen LogP contribution in [0.25, 0.3) is 0 Å². The molecule has 6 heteroatoms. The summed E-state index contributed by atoms with van der Waals surface area (Å²) in [5, 5.41) is 0. The molecule has 6 nitrogen and oxygen atoms in total. The lowest BCUT2D eigenvalue weighted by Crippen LogP contribution is -2.42. The topological polar surface area (TPSA) is 102 Å². The largest absolute Gasteiger partial charge is 0.385 e. The quantitative estimate of drug-likeness (QED) is 0.794. The van der Waals surface area contributed by atoms with Crippen molar-refractivity contribution < 1.29 is 9.59 Å². The second kappa shape index (κ2) is 4.87. The Hall–Kier alpha value is -2.37. The van der Waals surface area contributed by atoms with E-state index in [2.05, 4.69) is 4.99 Å². The molecule has 0 aromatic heterocycles. The number of carbonyl (C=O) groups excluding carboxylic acids is 2. The lowest BCUT2D eigenvalue weighted by Gasteiger charge is -2.23. The van der Waals surface area contributed by atoms with Crippen molar-refractivity contribution in [3.05, 3.63) is 35.9 Å². The van der Waals surface area contributed by atoms with Gasteiger partial charge in [0.15, 0.2) is 0 Å². The zero-order valence-electron chi connectivity index (χ0n) is 9.74. The molecule has 0 saturated heterocycles. The van der Waals surface area contributed by atoms with Crippen LogP contribution >= 0.6 is 0 Å². The molecule has 0 fully saturated rings. The number of benzene rings is 1. The van der Waals surface area contributed by atoms with E-state index >= 15 is 0 Å². The standard InChI is InChI=1S/C12H14N4O2/c13-10(17)6-9-11(14)15-12(18)16(9)7-8-4-2-1-3-5-8/h1-5,9H,6-7H2,(H2,13,17)(H2,14,15,18). The molecule has 4 N–H and O–H groups in total. The molecule has 18 heavy (non-hydrogen) atoms. The van der Waals surface area contributed by atoms with Gasteiger partial charge in [-0.05, 0) is 5.56 Å². The van der Waals surface area contributed by atoms with Gasteiger partial charge < -0.3 is 16.4 Å². The highest BCUT2D eigenvalue weighted by molar-refractivity contribution is 6.04. The lowest BCUT2D eigenvalue weighted by molar-refractivity contribution is -0.118. The Balaban J connectivity index is 2.15. The normalized spacial score (nSPS) is 18.9. The van der Waals surface area contributed by atoms with E-state index in [1.807, 2.05) is 30.3 Å². The summed E-state index contributed by atoms with van der Waals surface area (Å²) in [5.74, 6) is -0.361. The van der Waals surface area contributed by atoms with Crippen LogP contribution in [0.3, 0.4) is 0 Å². The predicted molar refractivity (Wildman–Crippen MR) is 66.6 cm³/mol. The first kappa shape index (κ1) is 12.1. The molecular weight excluding hydrogens is 232 g/mol. The van der Waals surface area contributed by atoms with Gasteiger partial charge in [0.1, 0.15) is 11.9 Å². The van der Waals surface area contributed by atoms with Gasteiger partial charge in [-0.1, -0.05) is 30.3 Å². The molecule has 1 aliphatic heterocycles. The summed E-state index contributed by atoms with van der Waals surface area (Å²) < 4.78 is 0. The second-order valence-corrected chi connectivity index (χ2v) is 4.12. The lowest BCUT2D eigenvalue weighted by atomic mass is 10.1.